The lowest BCUT2D eigenvalue weighted by Crippen LogP contribution is -2.01. The molecule has 100 valence electrons. The van der Waals surface area contributed by atoms with Gasteiger partial charge in [0.25, 0.3) is 0 Å². The maximum Gasteiger partial charge on any atom is 0.161 e. The van der Waals surface area contributed by atoms with Crippen LogP contribution in [0.2, 0.25) is 5.02 Å². The summed E-state index contributed by atoms with van der Waals surface area (Å²) in [6, 6.07) is 8.50. The topological polar surface area (TPSA) is 0 Å². The molecule has 2 aromatic carbocycles. The molecule has 0 saturated heterocycles. The lowest BCUT2D eigenvalue weighted by molar-refractivity contribution is 0.489. The van der Waals surface area contributed by atoms with Crippen LogP contribution in [0.25, 0.3) is 0 Å². The Morgan fingerprint density at radius 2 is 1.68 bits per heavy atom. The molecule has 0 aromatic heterocycles. The first-order chi connectivity index (χ1) is 8.97. The smallest absolute Gasteiger partial charge is 0.161 e. The molecule has 0 amide bonds. The summed E-state index contributed by atoms with van der Waals surface area (Å²) in [6.07, 6.45) is 0.419. The fourth-order valence-corrected chi connectivity index (χ4v) is 2.70. The Morgan fingerprint density at radius 1 is 1.00 bits per heavy atom. The van der Waals surface area contributed by atoms with Gasteiger partial charge in [0.05, 0.1) is 0 Å². The number of alkyl halides is 1. The van der Waals surface area contributed by atoms with Gasteiger partial charge in [-0.05, 0) is 30.2 Å². The van der Waals surface area contributed by atoms with Crippen molar-refractivity contribution < 1.29 is 13.2 Å². The van der Waals surface area contributed by atoms with Crippen LogP contribution in [0, 0.1) is 17.5 Å². The van der Waals surface area contributed by atoms with E-state index in [1.165, 1.54) is 0 Å². The highest BCUT2D eigenvalue weighted by atomic mass is 79.9. The first-order valence-corrected chi connectivity index (χ1v) is 6.79. The molecular formula is C14H9BrClF3. The van der Waals surface area contributed by atoms with Crippen molar-refractivity contribution in [2.75, 3.05) is 0 Å². The Labute approximate surface area is 122 Å². The highest BCUT2D eigenvalue weighted by Crippen LogP contribution is 2.31. The summed E-state index contributed by atoms with van der Waals surface area (Å²) in [5.74, 6) is -3.03. The number of hydrogen-bond donors (Lipinski definition) is 0. The molecule has 0 spiro atoms. The Balaban J connectivity index is 2.25. The summed E-state index contributed by atoms with van der Waals surface area (Å²) >= 11 is 9.14. The molecule has 0 aliphatic heterocycles. The van der Waals surface area contributed by atoms with Gasteiger partial charge < -0.3 is 0 Å². The maximum atomic E-state index is 13.6. The largest absolute Gasteiger partial charge is 0.207 e. The van der Waals surface area contributed by atoms with E-state index in [9.17, 15) is 13.2 Å². The molecule has 0 heterocycles. The minimum absolute atomic E-state index is 0.0823. The molecule has 1 atom stereocenters. The van der Waals surface area contributed by atoms with Gasteiger partial charge in [-0.3, -0.25) is 0 Å². The first-order valence-electron chi connectivity index (χ1n) is 5.50. The van der Waals surface area contributed by atoms with E-state index in [0.717, 1.165) is 11.6 Å². The standard InChI is InChI=1S/C14H9BrClF3/c15-11(5-8-2-1-3-9(16)4-8)10-6-13(18)14(19)7-12(10)17/h1-4,6-7,11H,5H2. The van der Waals surface area contributed by atoms with Crippen molar-refractivity contribution in [2.45, 2.75) is 11.2 Å². The third kappa shape index (κ3) is 3.51. The highest BCUT2D eigenvalue weighted by Gasteiger charge is 2.17. The van der Waals surface area contributed by atoms with Gasteiger partial charge in [-0.25, -0.2) is 13.2 Å². The monoisotopic (exact) mass is 348 g/mol. The molecule has 0 radical (unpaired) electrons. The van der Waals surface area contributed by atoms with E-state index in [0.29, 0.717) is 17.5 Å². The van der Waals surface area contributed by atoms with Crippen molar-refractivity contribution in [1.82, 2.24) is 0 Å². The van der Waals surface area contributed by atoms with Gasteiger partial charge >= 0.3 is 0 Å². The van der Waals surface area contributed by atoms with E-state index in [1.54, 1.807) is 18.2 Å². The second-order valence-corrected chi connectivity index (χ2v) is 5.63. The number of halogens is 5. The van der Waals surface area contributed by atoms with Gasteiger partial charge in [-0.15, -0.1) is 0 Å². The van der Waals surface area contributed by atoms with Crippen LogP contribution in [0.5, 0.6) is 0 Å². The lowest BCUT2D eigenvalue weighted by Gasteiger charge is -2.12. The SMILES string of the molecule is Fc1cc(F)c(C(Br)Cc2cccc(Cl)c2)cc1F. The summed E-state index contributed by atoms with van der Waals surface area (Å²) in [5.41, 5.74) is 0.956. The number of hydrogen-bond acceptors (Lipinski definition) is 0. The van der Waals surface area contributed by atoms with Crippen LogP contribution in [0.4, 0.5) is 13.2 Å². The minimum atomic E-state index is -1.19. The Hall–Kier alpha value is -1.00. The molecule has 0 N–H and O–H groups in total. The Kier molecular flexibility index (Phi) is 4.53. The summed E-state index contributed by atoms with van der Waals surface area (Å²) in [4.78, 5) is -0.457. The van der Waals surface area contributed by atoms with Gasteiger partial charge in [0.15, 0.2) is 11.6 Å². The summed E-state index contributed by atoms with van der Waals surface area (Å²) in [5, 5.41) is 0.572. The van der Waals surface area contributed by atoms with Gasteiger partial charge in [-0.1, -0.05) is 39.7 Å². The van der Waals surface area contributed by atoms with Crippen LogP contribution < -0.4 is 0 Å². The van der Waals surface area contributed by atoms with E-state index in [4.69, 9.17) is 11.6 Å². The van der Waals surface area contributed by atoms with Gasteiger partial charge in [-0.2, -0.15) is 0 Å². The van der Waals surface area contributed by atoms with Crippen molar-refractivity contribution in [3.63, 3.8) is 0 Å². The maximum absolute atomic E-state index is 13.6. The quantitative estimate of drug-likeness (QED) is 0.511. The van der Waals surface area contributed by atoms with Gasteiger partial charge in [0.2, 0.25) is 0 Å². The van der Waals surface area contributed by atoms with Crippen LogP contribution >= 0.6 is 27.5 Å². The van der Waals surface area contributed by atoms with Crippen LogP contribution in [-0.4, -0.2) is 0 Å². The molecule has 0 aliphatic rings. The van der Waals surface area contributed by atoms with Crippen molar-refractivity contribution >= 4 is 27.5 Å². The zero-order valence-corrected chi connectivity index (χ0v) is 12.0. The van der Waals surface area contributed by atoms with Crippen LogP contribution in [0.15, 0.2) is 36.4 Å². The van der Waals surface area contributed by atoms with E-state index < -0.39 is 22.3 Å². The van der Waals surface area contributed by atoms with E-state index in [2.05, 4.69) is 15.9 Å². The molecule has 0 saturated carbocycles. The summed E-state index contributed by atoms with van der Waals surface area (Å²) in [6.45, 7) is 0. The van der Waals surface area contributed by atoms with Crippen molar-refractivity contribution in [3.8, 4) is 0 Å². The molecule has 5 heteroatoms. The summed E-state index contributed by atoms with van der Waals surface area (Å²) in [7, 11) is 0. The fourth-order valence-electron chi connectivity index (χ4n) is 1.76. The molecule has 2 aromatic rings. The van der Waals surface area contributed by atoms with Gasteiger partial charge in [0, 0.05) is 21.5 Å². The normalized spacial score (nSPS) is 12.5. The second-order valence-electron chi connectivity index (χ2n) is 4.09. The zero-order chi connectivity index (χ0) is 14.0. The number of rotatable bonds is 3. The molecule has 0 fully saturated rings. The molecule has 0 nitrogen and oxygen atoms in total. The first kappa shape index (κ1) is 14.4. The minimum Gasteiger partial charge on any atom is -0.207 e. The molecule has 1 unspecified atom stereocenters. The number of benzene rings is 2. The van der Waals surface area contributed by atoms with Gasteiger partial charge in [0.1, 0.15) is 5.82 Å². The fraction of sp³-hybridized carbons (Fsp3) is 0.143. The Bertz CT molecular complexity index is 601. The molecule has 0 aliphatic carbocycles. The Morgan fingerprint density at radius 3 is 2.37 bits per heavy atom. The van der Waals surface area contributed by atoms with Crippen LogP contribution in [0.3, 0.4) is 0 Å². The molecule has 0 bridgehead atoms. The average molecular weight is 350 g/mol. The molecule has 2 rings (SSSR count). The van der Waals surface area contributed by atoms with E-state index in [-0.39, 0.29) is 5.56 Å². The van der Waals surface area contributed by atoms with E-state index in [1.807, 2.05) is 6.07 Å². The zero-order valence-electron chi connectivity index (χ0n) is 9.64. The third-order valence-electron chi connectivity index (χ3n) is 2.68. The van der Waals surface area contributed by atoms with Crippen LogP contribution in [-0.2, 0) is 6.42 Å². The lowest BCUT2D eigenvalue weighted by atomic mass is 10.0. The van der Waals surface area contributed by atoms with Crippen molar-refractivity contribution in [1.29, 1.82) is 0 Å². The predicted octanol–water partition coefficient (Wildman–Crippen LogP) is 5.44. The molecular weight excluding hydrogens is 341 g/mol. The third-order valence-corrected chi connectivity index (χ3v) is 3.73. The second kappa shape index (κ2) is 5.97. The van der Waals surface area contributed by atoms with E-state index >= 15 is 0 Å². The predicted molar refractivity (Wildman–Crippen MR) is 73.1 cm³/mol. The average Bonchev–Trinajstić information content (AvgIpc) is 2.33. The molecule has 19 heavy (non-hydrogen) atoms. The van der Waals surface area contributed by atoms with Crippen molar-refractivity contribution in [3.05, 3.63) is 70.0 Å². The highest BCUT2D eigenvalue weighted by molar-refractivity contribution is 9.09. The van der Waals surface area contributed by atoms with Crippen molar-refractivity contribution in [2.24, 2.45) is 0 Å². The summed E-state index contributed by atoms with van der Waals surface area (Å²) < 4.78 is 39.6. The van der Waals surface area contributed by atoms with Crippen LogP contribution in [0.1, 0.15) is 16.0 Å².